The fourth-order valence-corrected chi connectivity index (χ4v) is 9.69. The van der Waals surface area contributed by atoms with Crippen LogP contribution in [0, 0.1) is 17.2 Å². The van der Waals surface area contributed by atoms with E-state index in [0.29, 0.717) is 43.9 Å². The molecule has 4 heterocycles. The number of carbonyl (C=O) groups excluding carboxylic acids is 2. The Balaban J connectivity index is 1.13. The molecule has 7 heteroatoms. The predicted octanol–water partition coefficient (Wildman–Crippen LogP) is 8.36. The zero-order chi connectivity index (χ0) is 33.2. The first-order chi connectivity index (χ1) is 22.7. The first-order valence-electron chi connectivity index (χ1n) is 18.3. The summed E-state index contributed by atoms with van der Waals surface area (Å²) in [7, 11) is 0. The lowest BCUT2D eigenvalue weighted by molar-refractivity contribution is -0.166. The van der Waals surface area contributed by atoms with Crippen molar-refractivity contribution >= 4 is 23.3 Å². The van der Waals surface area contributed by atoms with Gasteiger partial charge in [-0.05, 0) is 138 Å². The fraction of sp³-hybridized carbons (Fsp3) is 0.625. The molecule has 0 aliphatic carbocycles. The molecule has 2 aromatic rings. The number of halogens is 1. The average Bonchev–Trinajstić information content (AvgIpc) is 3.32. The van der Waals surface area contributed by atoms with E-state index in [1.54, 1.807) is 13.0 Å². The molecule has 4 aliphatic heterocycles. The molecule has 254 valence electrons. The molecule has 2 aromatic carbocycles. The van der Waals surface area contributed by atoms with Crippen LogP contribution in [0.2, 0.25) is 0 Å². The smallest absolute Gasteiger partial charge is 0.321 e. The molecule has 47 heavy (non-hydrogen) atoms. The highest BCUT2D eigenvalue weighted by atomic mass is 19.1. The number of ether oxygens (including phenoxy) is 1. The third-order valence-electron chi connectivity index (χ3n) is 12.4. The first-order valence-corrected chi connectivity index (χ1v) is 18.3. The van der Waals surface area contributed by atoms with Crippen LogP contribution < -0.4 is 0 Å². The summed E-state index contributed by atoms with van der Waals surface area (Å²) in [4.78, 5) is 36.4. The Morgan fingerprint density at radius 2 is 1.70 bits per heavy atom. The second kappa shape index (κ2) is 14.2. The molecule has 4 aliphatic rings. The van der Waals surface area contributed by atoms with E-state index in [-0.39, 0.29) is 23.7 Å². The maximum atomic E-state index is 14.7. The lowest BCUT2D eigenvalue weighted by Gasteiger charge is -2.47. The lowest BCUT2D eigenvalue weighted by Crippen LogP contribution is -2.54. The van der Waals surface area contributed by atoms with Crippen molar-refractivity contribution in [2.24, 2.45) is 16.3 Å². The van der Waals surface area contributed by atoms with E-state index < -0.39 is 11.4 Å². The molecule has 2 unspecified atom stereocenters. The van der Waals surface area contributed by atoms with Gasteiger partial charge in [-0.3, -0.25) is 19.5 Å². The molecular weight excluding hydrogens is 589 g/mol. The SMILES string of the molecule is CCOC(=O)C(CC)(CC)C(=O)N1CCC(CCN2[C@@H]3CC[C@H]2CC(CC2CC(C)=Nc4ccccc42)C3)(c2cccc(F)c2)CC1. The summed E-state index contributed by atoms with van der Waals surface area (Å²) in [6.45, 7) is 10.2. The summed E-state index contributed by atoms with van der Waals surface area (Å²) in [6.07, 6.45) is 10.7. The van der Waals surface area contributed by atoms with Gasteiger partial charge in [-0.1, -0.05) is 44.2 Å². The maximum absolute atomic E-state index is 14.7. The van der Waals surface area contributed by atoms with E-state index in [0.717, 1.165) is 49.4 Å². The van der Waals surface area contributed by atoms with Crippen molar-refractivity contribution in [1.29, 1.82) is 0 Å². The fourth-order valence-electron chi connectivity index (χ4n) is 9.69. The van der Waals surface area contributed by atoms with Gasteiger partial charge >= 0.3 is 5.97 Å². The minimum absolute atomic E-state index is 0.115. The van der Waals surface area contributed by atoms with Crippen molar-refractivity contribution in [3.05, 3.63) is 65.5 Å². The lowest BCUT2D eigenvalue weighted by atomic mass is 9.69. The zero-order valence-corrected chi connectivity index (χ0v) is 29.0. The topological polar surface area (TPSA) is 62.2 Å². The van der Waals surface area contributed by atoms with Crippen molar-refractivity contribution in [2.75, 3.05) is 26.2 Å². The molecule has 1 amide bonds. The highest BCUT2D eigenvalue weighted by molar-refractivity contribution is 6.02. The molecule has 4 atom stereocenters. The van der Waals surface area contributed by atoms with E-state index in [9.17, 15) is 14.0 Å². The number of aliphatic imine (C=N–C) groups is 1. The Morgan fingerprint density at radius 3 is 2.36 bits per heavy atom. The number of piperidine rings is 2. The van der Waals surface area contributed by atoms with Crippen LogP contribution in [0.1, 0.15) is 115 Å². The number of rotatable bonds is 11. The molecule has 0 spiro atoms. The normalized spacial score (nSPS) is 25.6. The Kier molecular flexibility index (Phi) is 10.2. The van der Waals surface area contributed by atoms with Crippen molar-refractivity contribution in [3.63, 3.8) is 0 Å². The molecular formula is C40H54FN3O3. The minimum atomic E-state index is -1.14. The van der Waals surface area contributed by atoms with Gasteiger partial charge in [0, 0.05) is 30.9 Å². The predicted molar refractivity (Wildman–Crippen MR) is 186 cm³/mol. The van der Waals surface area contributed by atoms with Gasteiger partial charge in [0.05, 0.1) is 12.3 Å². The number of fused-ring (bicyclic) bond motifs is 3. The number of nitrogens with zero attached hydrogens (tertiary/aromatic N) is 3. The van der Waals surface area contributed by atoms with Crippen LogP contribution in [-0.4, -0.2) is 65.7 Å². The van der Waals surface area contributed by atoms with Crippen molar-refractivity contribution < 1.29 is 18.7 Å². The monoisotopic (exact) mass is 643 g/mol. The van der Waals surface area contributed by atoms with Gasteiger partial charge in [-0.15, -0.1) is 0 Å². The van der Waals surface area contributed by atoms with Gasteiger partial charge in [0.15, 0.2) is 0 Å². The number of likely N-dealkylation sites (tertiary alicyclic amines) is 1. The summed E-state index contributed by atoms with van der Waals surface area (Å²) in [5.41, 5.74) is 3.54. The Bertz CT molecular complexity index is 1450. The van der Waals surface area contributed by atoms with Crippen LogP contribution in [-0.2, 0) is 19.7 Å². The van der Waals surface area contributed by atoms with Gasteiger partial charge in [0.1, 0.15) is 11.2 Å². The molecule has 2 bridgehead atoms. The van der Waals surface area contributed by atoms with Crippen LogP contribution >= 0.6 is 0 Å². The summed E-state index contributed by atoms with van der Waals surface area (Å²) in [5, 5.41) is 0. The number of hydrogen-bond acceptors (Lipinski definition) is 5. The quantitative estimate of drug-likeness (QED) is 0.182. The molecule has 3 fully saturated rings. The summed E-state index contributed by atoms with van der Waals surface area (Å²) in [5.74, 6) is 0.564. The van der Waals surface area contributed by atoms with Crippen LogP contribution in [0.15, 0.2) is 53.5 Å². The number of esters is 1. The largest absolute Gasteiger partial charge is 0.465 e. The molecule has 0 aromatic heterocycles. The van der Waals surface area contributed by atoms with E-state index in [1.165, 1.54) is 49.4 Å². The van der Waals surface area contributed by atoms with Crippen LogP contribution in [0.3, 0.4) is 0 Å². The van der Waals surface area contributed by atoms with Crippen molar-refractivity contribution in [2.45, 2.75) is 122 Å². The first kappa shape index (κ1) is 33.8. The second-order valence-corrected chi connectivity index (χ2v) is 14.8. The molecule has 0 saturated carbocycles. The third-order valence-corrected chi connectivity index (χ3v) is 12.4. The molecule has 0 N–H and O–H groups in total. The number of amides is 1. The van der Waals surface area contributed by atoms with E-state index in [2.05, 4.69) is 42.2 Å². The third kappa shape index (κ3) is 6.66. The van der Waals surface area contributed by atoms with Gasteiger partial charge in [0.25, 0.3) is 0 Å². The van der Waals surface area contributed by atoms with Gasteiger partial charge < -0.3 is 9.64 Å². The number of carbonyl (C=O) groups is 2. The number of benzene rings is 2. The number of hydrogen-bond donors (Lipinski definition) is 0. The van der Waals surface area contributed by atoms with E-state index >= 15 is 0 Å². The van der Waals surface area contributed by atoms with Crippen LogP contribution in [0.5, 0.6) is 0 Å². The molecule has 6 rings (SSSR count). The maximum Gasteiger partial charge on any atom is 0.321 e. The standard InChI is InChI=1S/C40H54FN3O3/c1-5-40(6-2,38(46)47-7-3)37(45)43-20-17-39(18-21-43,31-11-10-12-32(41)27-31)19-22-44-33-15-16-34(44)26-29(25-33)24-30-23-28(4)42-36-14-9-8-13-35(30)36/h8-14,27,29-30,33-34H,5-7,15-26H2,1-4H3/t29?,30?,33-,34+. The van der Waals surface area contributed by atoms with Crippen LogP contribution in [0.4, 0.5) is 10.1 Å². The Morgan fingerprint density at radius 1 is 1.00 bits per heavy atom. The van der Waals surface area contributed by atoms with E-state index in [1.807, 2.05) is 24.8 Å². The number of para-hydroxylation sites is 1. The summed E-state index contributed by atoms with van der Waals surface area (Å²) < 4.78 is 20.0. The molecule has 3 saturated heterocycles. The zero-order valence-electron chi connectivity index (χ0n) is 29.0. The highest BCUT2D eigenvalue weighted by Gasteiger charge is 2.49. The van der Waals surface area contributed by atoms with E-state index in [4.69, 9.17) is 9.73 Å². The summed E-state index contributed by atoms with van der Waals surface area (Å²) in [6, 6.07) is 17.1. The molecule has 0 radical (unpaired) electrons. The van der Waals surface area contributed by atoms with Crippen molar-refractivity contribution in [1.82, 2.24) is 9.80 Å². The average molecular weight is 644 g/mol. The minimum Gasteiger partial charge on any atom is -0.465 e. The second-order valence-electron chi connectivity index (χ2n) is 14.8. The highest BCUT2D eigenvalue weighted by Crippen LogP contribution is 2.47. The summed E-state index contributed by atoms with van der Waals surface area (Å²) >= 11 is 0. The van der Waals surface area contributed by atoms with Crippen molar-refractivity contribution in [3.8, 4) is 0 Å². The van der Waals surface area contributed by atoms with Gasteiger partial charge in [-0.25, -0.2) is 4.39 Å². The Hall–Kier alpha value is -3.06. The Labute approximate surface area is 281 Å². The van der Waals surface area contributed by atoms with Gasteiger partial charge in [-0.2, -0.15) is 0 Å². The van der Waals surface area contributed by atoms with Gasteiger partial charge in [0.2, 0.25) is 5.91 Å². The van der Waals surface area contributed by atoms with Crippen LogP contribution in [0.25, 0.3) is 0 Å². The molecule has 6 nitrogen and oxygen atoms in total.